The van der Waals surface area contributed by atoms with Gasteiger partial charge in [0.2, 0.25) is 0 Å². The summed E-state index contributed by atoms with van der Waals surface area (Å²) < 4.78 is 2.13. The van der Waals surface area contributed by atoms with E-state index in [1.807, 2.05) is 18.2 Å². The SMILES string of the molecule is CCC(C)Cn1c(CO)nc2ccccc21. The smallest absolute Gasteiger partial charge is 0.135 e. The van der Waals surface area contributed by atoms with Crippen molar-refractivity contribution >= 4 is 11.0 Å². The highest BCUT2D eigenvalue weighted by Crippen LogP contribution is 2.18. The van der Waals surface area contributed by atoms with Crippen LogP contribution in [0.15, 0.2) is 24.3 Å². The van der Waals surface area contributed by atoms with E-state index in [4.69, 9.17) is 0 Å². The minimum atomic E-state index is 0.00507. The van der Waals surface area contributed by atoms with Gasteiger partial charge in [0.15, 0.2) is 0 Å². The second-order valence-corrected chi connectivity index (χ2v) is 4.30. The third-order valence-corrected chi connectivity index (χ3v) is 3.07. The molecule has 1 unspecified atom stereocenters. The van der Waals surface area contributed by atoms with Gasteiger partial charge in [-0.3, -0.25) is 0 Å². The van der Waals surface area contributed by atoms with E-state index >= 15 is 0 Å². The standard InChI is InChI=1S/C13H18N2O/c1-3-10(2)8-15-12-7-5-4-6-11(12)14-13(15)9-16/h4-7,10,16H,3,8-9H2,1-2H3. The van der Waals surface area contributed by atoms with Gasteiger partial charge < -0.3 is 9.67 Å². The van der Waals surface area contributed by atoms with E-state index in [9.17, 15) is 5.11 Å². The Morgan fingerprint density at radius 2 is 2.12 bits per heavy atom. The van der Waals surface area contributed by atoms with Gasteiger partial charge in [0.1, 0.15) is 12.4 Å². The van der Waals surface area contributed by atoms with Crippen molar-refractivity contribution in [3.63, 3.8) is 0 Å². The molecule has 0 spiro atoms. The van der Waals surface area contributed by atoms with E-state index in [0.29, 0.717) is 5.92 Å². The van der Waals surface area contributed by atoms with Crippen molar-refractivity contribution < 1.29 is 5.11 Å². The molecule has 1 N–H and O–H groups in total. The monoisotopic (exact) mass is 218 g/mol. The predicted octanol–water partition coefficient (Wildman–Crippen LogP) is 2.57. The van der Waals surface area contributed by atoms with Crippen molar-refractivity contribution in [3.8, 4) is 0 Å². The van der Waals surface area contributed by atoms with Crippen LogP contribution in [0.1, 0.15) is 26.1 Å². The molecule has 0 aliphatic carbocycles. The van der Waals surface area contributed by atoms with Crippen molar-refractivity contribution in [2.24, 2.45) is 5.92 Å². The van der Waals surface area contributed by atoms with Gasteiger partial charge in [-0.15, -0.1) is 0 Å². The quantitative estimate of drug-likeness (QED) is 0.856. The number of benzene rings is 1. The minimum absolute atomic E-state index is 0.00507. The van der Waals surface area contributed by atoms with Gasteiger partial charge in [-0.25, -0.2) is 4.98 Å². The van der Waals surface area contributed by atoms with Crippen LogP contribution < -0.4 is 0 Å². The third-order valence-electron chi connectivity index (χ3n) is 3.07. The largest absolute Gasteiger partial charge is 0.388 e. The van der Waals surface area contributed by atoms with Crippen LogP contribution in [0.25, 0.3) is 11.0 Å². The molecule has 2 aromatic rings. The zero-order valence-electron chi connectivity index (χ0n) is 9.85. The molecule has 1 atom stereocenters. The molecule has 0 amide bonds. The molecule has 0 aliphatic heterocycles. The topological polar surface area (TPSA) is 38.0 Å². The molecule has 0 fully saturated rings. The lowest BCUT2D eigenvalue weighted by Gasteiger charge is -2.12. The Morgan fingerprint density at radius 1 is 1.38 bits per heavy atom. The second-order valence-electron chi connectivity index (χ2n) is 4.30. The van der Waals surface area contributed by atoms with Crippen molar-refractivity contribution in [3.05, 3.63) is 30.1 Å². The third kappa shape index (κ3) is 1.95. The normalized spacial score (nSPS) is 13.2. The number of hydrogen-bond donors (Lipinski definition) is 1. The Balaban J connectivity index is 2.47. The molecule has 16 heavy (non-hydrogen) atoms. The molecular formula is C13H18N2O. The molecule has 1 aromatic carbocycles. The Morgan fingerprint density at radius 3 is 2.81 bits per heavy atom. The Labute approximate surface area is 95.7 Å². The van der Waals surface area contributed by atoms with Crippen molar-refractivity contribution in [1.82, 2.24) is 9.55 Å². The maximum atomic E-state index is 9.32. The van der Waals surface area contributed by atoms with Gasteiger partial charge in [0, 0.05) is 6.54 Å². The van der Waals surface area contributed by atoms with E-state index < -0.39 is 0 Å². The first-order chi connectivity index (χ1) is 7.76. The highest BCUT2D eigenvalue weighted by Gasteiger charge is 2.11. The number of fused-ring (bicyclic) bond motifs is 1. The molecule has 0 bridgehead atoms. The number of imidazole rings is 1. The summed E-state index contributed by atoms with van der Waals surface area (Å²) in [7, 11) is 0. The maximum Gasteiger partial charge on any atom is 0.135 e. The summed E-state index contributed by atoms with van der Waals surface area (Å²) in [5.41, 5.74) is 2.08. The molecule has 0 saturated carbocycles. The lowest BCUT2D eigenvalue weighted by atomic mass is 10.1. The second kappa shape index (κ2) is 4.66. The summed E-state index contributed by atoms with van der Waals surface area (Å²) in [4.78, 5) is 4.43. The van der Waals surface area contributed by atoms with Crippen LogP contribution in [-0.2, 0) is 13.2 Å². The van der Waals surface area contributed by atoms with Gasteiger partial charge >= 0.3 is 0 Å². The van der Waals surface area contributed by atoms with Gasteiger partial charge in [-0.1, -0.05) is 32.4 Å². The van der Waals surface area contributed by atoms with Crippen LogP contribution in [-0.4, -0.2) is 14.7 Å². The Hall–Kier alpha value is -1.35. The molecular weight excluding hydrogens is 200 g/mol. The number of aliphatic hydroxyl groups is 1. The minimum Gasteiger partial charge on any atom is -0.388 e. The lowest BCUT2D eigenvalue weighted by Crippen LogP contribution is -2.10. The first kappa shape index (κ1) is 11.1. The summed E-state index contributed by atoms with van der Waals surface area (Å²) in [6.45, 7) is 5.33. The average molecular weight is 218 g/mol. The Kier molecular flexibility index (Phi) is 3.25. The summed E-state index contributed by atoms with van der Waals surface area (Å²) in [5, 5.41) is 9.32. The van der Waals surface area contributed by atoms with Crippen LogP contribution in [0.5, 0.6) is 0 Å². The van der Waals surface area contributed by atoms with Crippen LogP contribution in [0.4, 0.5) is 0 Å². The van der Waals surface area contributed by atoms with E-state index in [1.165, 1.54) is 0 Å². The maximum absolute atomic E-state index is 9.32. The first-order valence-electron chi connectivity index (χ1n) is 5.81. The number of rotatable bonds is 4. The average Bonchev–Trinajstić information content (AvgIpc) is 2.67. The van der Waals surface area contributed by atoms with Crippen LogP contribution in [0.3, 0.4) is 0 Å². The summed E-state index contributed by atoms with van der Waals surface area (Å²) in [5.74, 6) is 1.37. The zero-order chi connectivity index (χ0) is 11.5. The predicted molar refractivity (Wildman–Crippen MR) is 65.1 cm³/mol. The van der Waals surface area contributed by atoms with Gasteiger partial charge in [-0.05, 0) is 18.1 Å². The molecule has 0 saturated heterocycles. The molecule has 0 radical (unpaired) electrons. The number of aliphatic hydroxyl groups excluding tert-OH is 1. The fourth-order valence-corrected chi connectivity index (χ4v) is 1.89. The number of hydrogen-bond acceptors (Lipinski definition) is 2. The highest BCUT2D eigenvalue weighted by atomic mass is 16.3. The zero-order valence-corrected chi connectivity index (χ0v) is 9.85. The Bertz CT molecular complexity index is 476. The summed E-state index contributed by atoms with van der Waals surface area (Å²) >= 11 is 0. The first-order valence-corrected chi connectivity index (χ1v) is 5.81. The van der Waals surface area contributed by atoms with E-state index in [1.54, 1.807) is 0 Å². The number of para-hydroxylation sites is 2. The van der Waals surface area contributed by atoms with Crippen LogP contribution in [0, 0.1) is 5.92 Å². The van der Waals surface area contributed by atoms with Gasteiger partial charge in [-0.2, -0.15) is 0 Å². The highest BCUT2D eigenvalue weighted by molar-refractivity contribution is 5.75. The van der Waals surface area contributed by atoms with Gasteiger partial charge in [0.25, 0.3) is 0 Å². The lowest BCUT2D eigenvalue weighted by molar-refractivity contribution is 0.263. The van der Waals surface area contributed by atoms with Crippen molar-refractivity contribution in [2.75, 3.05) is 0 Å². The molecule has 3 nitrogen and oxygen atoms in total. The fraction of sp³-hybridized carbons (Fsp3) is 0.462. The van der Waals surface area contributed by atoms with Crippen LogP contribution in [0.2, 0.25) is 0 Å². The molecule has 1 aromatic heterocycles. The van der Waals surface area contributed by atoms with E-state index in [-0.39, 0.29) is 6.61 Å². The number of nitrogens with zero attached hydrogens (tertiary/aromatic N) is 2. The number of aromatic nitrogens is 2. The van der Waals surface area contributed by atoms with Crippen LogP contribution >= 0.6 is 0 Å². The van der Waals surface area contributed by atoms with Gasteiger partial charge in [0.05, 0.1) is 11.0 Å². The fourth-order valence-electron chi connectivity index (χ4n) is 1.89. The molecule has 2 rings (SSSR count). The van der Waals surface area contributed by atoms with Crippen molar-refractivity contribution in [2.45, 2.75) is 33.4 Å². The summed E-state index contributed by atoms with van der Waals surface area (Å²) in [6, 6.07) is 8.04. The van der Waals surface area contributed by atoms with E-state index in [2.05, 4.69) is 29.5 Å². The molecule has 86 valence electrons. The molecule has 3 heteroatoms. The van der Waals surface area contributed by atoms with E-state index in [0.717, 1.165) is 29.8 Å². The summed E-state index contributed by atoms with van der Waals surface area (Å²) in [6.07, 6.45) is 1.14. The van der Waals surface area contributed by atoms with Crippen molar-refractivity contribution in [1.29, 1.82) is 0 Å². The molecule has 1 heterocycles. The molecule has 0 aliphatic rings.